The van der Waals surface area contributed by atoms with Gasteiger partial charge in [0.1, 0.15) is 5.82 Å². The summed E-state index contributed by atoms with van der Waals surface area (Å²) in [6.45, 7) is -2.44. The number of benzene rings is 1. The van der Waals surface area contributed by atoms with E-state index in [2.05, 4.69) is 16.4 Å². The van der Waals surface area contributed by atoms with Crippen LogP contribution in [-0.4, -0.2) is 15.8 Å². The van der Waals surface area contributed by atoms with Gasteiger partial charge in [-0.25, -0.2) is 4.98 Å². The minimum Gasteiger partial charge on any atom is -0.377 e. The summed E-state index contributed by atoms with van der Waals surface area (Å²) in [6.07, 6.45) is 4.49. The topological polar surface area (TPSA) is 53.6 Å². The first-order valence-electron chi connectivity index (χ1n) is 5.77. The molecule has 0 saturated heterocycles. The van der Waals surface area contributed by atoms with E-state index < -0.39 is 6.55 Å². The maximum Gasteiger partial charge on any atom is 0.319 e. The Morgan fingerprint density at radius 2 is 2.30 bits per heavy atom. The Hall–Kier alpha value is -2.07. The van der Waals surface area contributed by atoms with Crippen molar-refractivity contribution in [3.05, 3.63) is 42.0 Å². The highest BCUT2D eigenvalue weighted by Crippen LogP contribution is 2.27. The molecule has 1 N–H and O–H groups in total. The third-order valence-electron chi connectivity index (χ3n) is 2.72. The quantitative estimate of drug-likeness (QED) is 0.858. The van der Waals surface area contributed by atoms with Gasteiger partial charge in [-0.05, 0) is 24.5 Å². The number of hydrogen-bond donors (Lipinski definition) is 1. The van der Waals surface area contributed by atoms with E-state index in [0.717, 1.165) is 15.1 Å². The largest absolute Gasteiger partial charge is 0.377 e. The molecule has 2 aromatic rings. The van der Waals surface area contributed by atoms with Crippen LogP contribution in [0.25, 0.3) is 0 Å². The molecular formula is C13H12F2N4S. The first-order chi connectivity index (χ1) is 9.65. The summed E-state index contributed by atoms with van der Waals surface area (Å²) in [5.41, 5.74) is 1.25. The molecule has 0 saturated carbocycles. The molecule has 2 rings (SSSR count). The fourth-order valence-electron chi connectivity index (χ4n) is 1.75. The minimum absolute atomic E-state index is 0.166. The van der Waals surface area contributed by atoms with Crippen LogP contribution in [-0.2, 0) is 6.54 Å². The van der Waals surface area contributed by atoms with Crippen molar-refractivity contribution in [2.75, 3.05) is 11.6 Å². The van der Waals surface area contributed by atoms with Crippen molar-refractivity contribution < 1.29 is 8.78 Å². The molecule has 1 heterocycles. The lowest BCUT2D eigenvalue weighted by molar-refractivity contribution is 0.0673. The molecule has 0 aliphatic carbocycles. The van der Waals surface area contributed by atoms with Crippen LogP contribution in [0.5, 0.6) is 0 Å². The van der Waals surface area contributed by atoms with E-state index in [-0.39, 0.29) is 12.4 Å². The van der Waals surface area contributed by atoms with E-state index in [9.17, 15) is 8.78 Å². The number of imidazole rings is 1. The van der Waals surface area contributed by atoms with Crippen LogP contribution >= 0.6 is 11.8 Å². The summed E-state index contributed by atoms with van der Waals surface area (Å²) >= 11 is 1.52. The third-order valence-corrected chi connectivity index (χ3v) is 3.52. The van der Waals surface area contributed by atoms with Crippen molar-refractivity contribution in [2.45, 2.75) is 18.0 Å². The maximum atomic E-state index is 12.7. The molecule has 0 radical (unpaired) electrons. The van der Waals surface area contributed by atoms with Gasteiger partial charge in [0.05, 0.1) is 18.2 Å². The zero-order chi connectivity index (χ0) is 14.5. The lowest BCUT2D eigenvalue weighted by Crippen LogP contribution is -2.09. The molecule has 1 aromatic carbocycles. The van der Waals surface area contributed by atoms with Gasteiger partial charge < -0.3 is 5.32 Å². The highest BCUT2D eigenvalue weighted by Gasteiger charge is 2.11. The van der Waals surface area contributed by atoms with Gasteiger partial charge in [-0.2, -0.15) is 14.0 Å². The molecule has 0 atom stereocenters. The maximum absolute atomic E-state index is 12.7. The molecule has 0 amide bonds. The van der Waals surface area contributed by atoms with Crippen LogP contribution in [0.4, 0.5) is 14.5 Å². The van der Waals surface area contributed by atoms with Crippen LogP contribution in [0.1, 0.15) is 17.9 Å². The zero-order valence-corrected chi connectivity index (χ0v) is 11.5. The summed E-state index contributed by atoms with van der Waals surface area (Å²) in [7, 11) is 0. The fraction of sp³-hybridized carbons (Fsp3) is 0.231. The van der Waals surface area contributed by atoms with Gasteiger partial charge >= 0.3 is 6.55 Å². The van der Waals surface area contributed by atoms with Gasteiger partial charge in [0, 0.05) is 23.0 Å². The first kappa shape index (κ1) is 14.3. The van der Waals surface area contributed by atoms with Gasteiger partial charge in [-0.3, -0.25) is 4.57 Å². The van der Waals surface area contributed by atoms with E-state index in [0.29, 0.717) is 5.56 Å². The summed E-state index contributed by atoms with van der Waals surface area (Å²) in [4.78, 5) is 4.84. The molecule has 0 fully saturated rings. The molecule has 0 unspecified atom stereocenters. The van der Waals surface area contributed by atoms with Crippen molar-refractivity contribution >= 4 is 17.4 Å². The molecular weight excluding hydrogens is 282 g/mol. The fourth-order valence-corrected chi connectivity index (χ4v) is 2.30. The van der Waals surface area contributed by atoms with Crippen molar-refractivity contribution in [1.82, 2.24) is 9.55 Å². The monoisotopic (exact) mass is 294 g/mol. The van der Waals surface area contributed by atoms with Crippen LogP contribution in [0, 0.1) is 11.3 Å². The van der Waals surface area contributed by atoms with Crippen LogP contribution in [0.15, 0.2) is 35.5 Å². The second-order valence-electron chi connectivity index (χ2n) is 3.91. The predicted octanol–water partition coefficient (Wildman–Crippen LogP) is 3.48. The molecule has 0 aliphatic rings. The van der Waals surface area contributed by atoms with Crippen LogP contribution in [0.3, 0.4) is 0 Å². The number of nitrogens with one attached hydrogen (secondary N) is 1. The Bertz CT molecular complexity index is 634. The molecule has 0 aliphatic heterocycles. The van der Waals surface area contributed by atoms with E-state index in [1.54, 1.807) is 12.1 Å². The van der Waals surface area contributed by atoms with Crippen LogP contribution < -0.4 is 5.32 Å². The van der Waals surface area contributed by atoms with Gasteiger partial charge in [0.15, 0.2) is 0 Å². The van der Waals surface area contributed by atoms with Gasteiger partial charge in [-0.1, -0.05) is 0 Å². The molecule has 0 bridgehead atoms. The minimum atomic E-state index is -2.61. The average molecular weight is 294 g/mol. The number of anilines is 1. The number of hydrogen-bond acceptors (Lipinski definition) is 4. The number of aromatic nitrogens is 2. The van der Waals surface area contributed by atoms with Crippen molar-refractivity contribution in [2.24, 2.45) is 0 Å². The highest BCUT2D eigenvalue weighted by atomic mass is 32.2. The zero-order valence-electron chi connectivity index (χ0n) is 10.7. The van der Waals surface area contributed by atoms with Crippen molar-refractivity contribution in [3.63, 3.8) is 0 Å². The number of thioether (sulfide) groups is 1. The number of nitrogens with zero attached hydrogens (tertiary/aromatic N) is 3. The summed E-state index contributed by atoms with van der Waals surface area (Å²) in [6, 6.07) is 7.29. The van der Waals surface area contributed by atoms with Gasteiger partial charge in [0.2, 0.25) is 0 Å². The van der Waals surface area contributed by atoms with Gasteiger partial charge in [0.25, 0.3) is 0 Å². The SMILES string of the molecule is CSc1ccc(C#N)cc1NCc1nccn1C(F)F. The summed E-state index contributed by atoms with van der Waals surface area (Å²) in [5, 5.41) is 11.9. The van der Waals surface area contributed by atoms with Crippen LogP contribution in [0.2, 0.25) is 0 Å². The number of halogens is 2. The average Bonchev–Trinajstić information content (AvgIpc) is 2.93. The first-order valence-corrected chi connectivity index (χ1v) is 7.00. The Balaban J connectivity index is 2.18. The number of nitriles is 1. The Morgan fingerprint density at radius 3 is 2.95 bits per heavy atom. The molecule has 4 nitrogen and oxygen atoms in total. The second kappa shape index (κ2) is 6.39. The molecule has 1 aromatic heterocycles. The third kappa shape index (κ3) is 3.08. The lowest BCUT2D eigenvalue weighted by Gasteiger charge is -2.12. The molecule has 7 heteroatoms. The Kier molecular flexibility index (Phi) is 4.58. The molecule has 104 valence electrons. The summed E-state index contributed by atoms with van der Waals surface area (Å²) in [5.74, 6) is 0.245. The molecule has 20 heavy (non-hydrogen) atoms. The Labute approximate surface area is 119 Å². The number of alkyl halides is 2. The Morgan fingerprint density at radius 1 is 1.50 bits per heavy atom. The lowest BCUT2D eigenvalue weighted by atomic mass is 10.2. The molecule has 0 spiro atoms. The van der Waals surface area contributed by atoms with Gasteiger partial charge in [-0.15, -0.1) is 11.8 Å². The summed E-state index contributed by atoms with van der Waals surface area (Å²) < 4.78 is 26.2. The van der Waals surface area contributed by atoms with E-state index in [1.165, 1.54) is 24.2 Å². The highest BCUT2D eigenvalue weighted by molar-refractivity contribution is 7.98. The smallest absolute Gasteiger partial charge is 0.319 e. The van der Waals surface area contributed by atoms with Crippen molar-refractivity contribution in [1.29, 1.82) is 5.26 Å². The standard InChI is InChI=1S/C13H12F2N4S/c1-20-11-3-2-9(7-16)6-10(11)18-8-12-17-4-5-19(12)13(14)15/h2-6,13,18H,8H2,1H3. The van der Waals surface area contributed by atoms with E-state index in [1.807, 2.05) is 12.3 Å². The van der Waals surface area contributed by atoms with Crippen molar-refractivity contribution in [3.8, 4) is 6.07 Å². The van der Waals surface area contributed by atoms with E-state index in [4.69, 9.17) is 5.26 Å². The number of rotatable bonds is 5. The van der Waals surface area contributed by atoms with E-state index >= 15 is 0 Å². The normalized spacial score (nSPS) is 10.6. The second-order valence-corrected chi connectivity index (χ2v) is 4.76. The predicted molar refractivity (Wildman–Crippen MR) is 73.7 cm³/mol.